The van der Waals surface area contributed by atoms with Crippen LogP contribution >= 0.6 is 0 Å². The number of carbonyl (C=O) groups excluding carboxylic acids is 1. The average molecular weight is 355 g/mol. The van der Waals surface area contributed by atoms with Crippen LogP contribution in [0.5, 0.6) is 0 Å². The van der Waals surface area contributed by atoms with E-state index in [2.05, 4.69) is 50.5 Å². The number of nitrogens with zero attached hydrogens (tertiary/aromatic N) is 4. The van der Waals surface area contributed by atoms with Crippen molar-refractivity contribution in [2.24, 2.45) is 7.05 Å². The van der Waals surface area contributed by atoms with E-state index in [1.165, 1.54) is 5.56 Å². The molecule has 140 valence electrons. The van der Waals surface area contributed by atoms with Crippen LogP contribution < -0.4 is 5.32 Å². The molecule has 0 radical (unpaired) electrons. The normalized spacial score (nSPS) is 15.9. The Bertz CT molecular complexity index is 704. The lowest BCUT2D eigenvalue weighted by atomic mass is 10.2. The summed E-state index contributed by atoms with van der Waals surface area (Å²) in [6.07, 6.45) is 0.973. The Morgan fingerprint density at radius 1 is 1.12 bits per heavy atom. The summed E-state index contributed by atoms with van der Waals surface area (Å²) in [5.74, 6) is -0.0409. The van der Waals surface area contributed by atoms with E-state index < -0.39 is 0 Å². The van der Waals surface area contributed by atoms with Gasteiger partial charge in [-0.15, -0.1) is 0 Å². The molecule has 1 amide bonds. The van der Waals surface area contributed by atoms with E-state index in [4.69, 9.17) is 0 Å². The molecule has 0 unspecified atom stereocenters. The van der Waals surface area contributed by atoms with Gasteiger partial charge in [0.1, 0.15) is 5.69 Å². The van der Waals surface area contributed by atoms with Crippen LogP contribution in [0.25, 0.3) is 0 Å². The van der Waals surface area contributed by atoms with Gasteiger partial charge in [-0.3, -0.25) is 14.4 Å². The lowest BCUT2D eigenvalue weighted by molar-refractivity contribution is 0.0938. The molecule has 2 heterocycles. The maximum atomic E-state index is 12.2. The van der Waals surface area contributed by atoms with Crippen LogP contribution in [0.1, 0.15) is 28.2 Å². The van der Waals surface area contributed by atoms with Crippen molar-refractivity contribution in [3.05, 3.63) is 53.3 Å². The third-order valence-corrected chi connectivity index (χ3v) is 4.89. The maximum absolute atomic E-state index is 12.2. The number of piperazine rings is 1. The monoisotopic (exact) mass is 355 g/mol. The second-order valence-electron chi connectivity index (χ2n) is 7.01. The van der Waals surface area contributed by atoms with E-state index in [9.17, 15) is 4.79 Å². The fourth-order valence-corrected chi connectivity index (χ4v) is 3.43. The van der Waals surface area contributed by atoms with Crippen molar-refractivity contribution >= 4 is 5.91 Å². The summed E-state index contributed by atoms with van der Waals surface area (Å²) in [4.78, 5) is 17.2. The number of carbonyl (C=O) groups is 1. The third-order valence-electron chi connectivity index (χ3n) is 4.89. The Kier molecular flexibility index (Phi) is 6.41. The highest BCUT2D eigenvalue weighted by atomic mass is 16.2. The van der Waals surface area contributed by atoms with Gasteiger partial charge >= 0.3 is 0 Å². The molecule has 0 saturated carbocycles. The van der Waals surface area contributed by atoms with Crippen molar-refractivity contribution in [1.82, 2.24) is 24.9 Å². The third kappa shape index (κ3) is 5.16. The van der Waals surface area contributed by atoms with Crippen molar-refractivity contribution in [3.8, 4) is 0 Å². The number of aryl methyl sites for hydroxylation is 2. The molecular formula is C20H29N5O. The van der Waals surface area contributed by atoms with Gasteiger partial charge in [-0.1, -0.05) is 30.3 Å². The second kappa shape index (κ2) is 8.96. The summed E-state index contributed by atoms with van der Waals surface area (Å²) in [6.45, 7) is 9.08. The summed E-state index contributed by atoms with van der Waals surface area (Å²) in [5, 5.41) is 7.21. The van der Waals surface area contributed by atoms with Crippen molar-refractivity contribution in [3.63, 3.8) is 0 Å². The Morgan fingerprint density at radius 2 is 1.81 bits per heavy atom. The molecule has 1 saturated heterocycles. The minimum atomic E-state index is -0.0409. The fourth-order valence-electron chi connectivity index (χ4n) is 3.43. The molecule has 1 fully saturated rings. The lowest BCUT2D eigenvalue weighted by Crippen LogP contribution is -2.46. The zero-order valence-corrected chi connectivity index (χ0v) is 15.8. The van der Waals surface area contributed by atoms with Gasteiger partial charge < -0.3 is 10.2 Å². The highest BCUT2D eigenvalue weighted by Gasteiger charge is 2.17. The van der Waals surface area contributed by atoms with Crippen LogP contribution in [0.4, 0.5) is 0 Å². The Morgan fingerprint density at radius 3 is 2.46 bits per heavy atom. The molecule has 1 N–H and O–H groups in total. The number of benzene rings is 1. The molecule has 0 atom stereocenters. The smallest absolute Gasteiger partial charge is 0.269 e. The van der Waals surface area contributed by atoms with Crippen molar-refractivity contribution < 1.29 is 4.79 Å². The fraction of sp³-hybridized carbons (Fsp3) is 0.500. The topological polar surface area (TPSA) is 53.4 Å². The predicted octanol–water partition coefficient (Wildman–Crippen LogP) is 1.67. The summed E-state index contributed by atoms with van der Waals surface area (Å²) < 4.78 is 1.64. The van der Waals surface area contributed by atoms with Gasteiger partial charge in [0.05, 0.1) is 5.69 Å². The standard InChI is InChI=1S/C20H29N5O/c1-17-15-19(23(2)22-17)20(26)21-9-6-10-24-11-13-25(14-12-24)16-18-7-4-3-5-8-18/h3-5,7-8,15H,6,9-14,16H2,1-2H3,(H,21,26). The van der Waals surface area contributed by atoms with E-state index in [-0.39, 0.29) is 5.91 Å². The minimum Gasteiger partial charge on any atom is -0.351 e. The van der Waals surface area contributed by atoms with Crippen molar-refractivity contribution in [2.75, 3.05) is 39.3 Å². The van der Waals surface area contributed by atoms with Gasteiger partial charge in [-0.2, -0.15) is 5.10 Å². The first-order chi connectivity index (χ1) is 12.6. The van der Waals surface area contributed by atoms with E-state index >= 15 is 0 Å². The van der Waals surface area contributed by atoms with E-state index in [0.717, 1.165) is 51.4 Å². The molecule has 6 heteroatoms. The number of amides is 1. The molecule has 6 nitrogen and oxygen atoms in total. The van der Waals surface area contributed by atoms with Crippen LogP contribution in [0.3, 0.4) is 0 Å². The summed E-state index contributed by atoms with van der Waals surface area (Å²) in [7, 11) is 1.80. The number of aromatic nitrogens is 2. The lowest BCUT2D eigenvalue weighted by Gasteiger charge is -2.34. The van der Waals surface area contributed by atoms with Crippen LogP contribution in [-0.2, 0) is 13.6 Å². The highest BCUT2D eigenvalue weighted by Crippen LogP contribution is 2.08. The maximum Gasteiger partial charge on any atom is 0.269 e. The molecule has 0 bridgehead atoms. The van der Waals surface area contributed by atoms with Gasteiger partial charge in [0.25, 0.3) is 5.91 Å². The molecule has 26 heavy (non-hydrogen) atoms. The predicted molar refractivity (Wildman–Crippen MR) is 103 cm³/mol. The first-order valence-corrected chi connectivity index (χ1v) is 9.39. The van der Waals surface area contributed by atoms with Gasteiger partial charge in [-0.05, 0) is 31.5 Å². The highest BCUT2D eigenvalue weighted by molar-refractivity contribution is 5.92. The molecular weight excluding hydrogens is 326 g/mol. The quantitative estimate of drug-likeness (QED) is 0.768. The Hall–Kier alpha value is -2.18. The number of nitrogens with one attached hydrogen (secondary N) is 1. The Labute approximate surface area is 155 Å². The molecule has 1 aromatic carbocycles. The van der Waals surface area contributed by atoms with Crippen LogP contribution in [-0.4, -0.2) is 64.8 Å². The van der Waals surface area contributed by atoms with Crippen molar-refractivity contribution in [1.29, 1.82) is 0 Å². The van der Waals surface area contributed by atoms with Crippen LogP contribution in [0.15, 0.2) is 36.4 Å². The van der Waals surface area contributed by atoms with Gasteiger partial charge in [-0.25, -0.2) is 0 Å². The van der Waals surface area contributed by atoms with E-state index in [1.807, 2.05) is 13.0 Å². The number of hydrogen-bond acceptors (Lipinski definition) is 4. The summed E-state index contributed by atoms with van der Waals surface area (Å²) in [5.41, 5.74) is 2.87. The zero-order chi connectivity index (χ0) is 18.4. The molecule has 1 aliphatic rings. The largest absolute Gasteiger partial charge is 0.351 e. The molecule has 0 spiro atoms. The molecule has 2 aromatic rings. The van der Waals surface area contributed by atoms with Crippen molar-refractivity contribution in [2.45, 2.75) is 19.9 Å². The Balaban J connectivity index is 1.31. The number of rotatable bonds is 7. The molecule has 0 aliphatic carbocycles. The average Bonchev–Trinajstić information content (AvgIpc) is 2.99. The first-order valence-electron chi connectivity index (χ1n) is 9.39. The molecule has 1 aromatic heterocycles. The minimum absolute atomic E-state index is 0.0409. The summed E-state index contributed by atoms with van der Waals surface area (Å²) >= 11 is 0. The van der Waals surface area contributed by atoms with Gasteiger partial charge in [0.15, 0.2) is 0 Å². The summed E-state index contributed by atoms with van der Waals surface area (Å²) in [6, 6.07) is 12.5. The van der Waals surface area contributed by atoms with Gasteiger partial charge in [0.2, 0.25) is 0 Å². The van der Waals surface area contributed by atoms with Crippen LogP contribution in [0, 0.1) is 6.92 Å². The second-order valence-corrected chi connectivity index (χ2v) is 7.01. The first kappa shape index (κ1) is 18.6. The molecule has 3 rings (SSSR count). The SMILES string of the molecule is Cc1cc(C(=O)NCCCN2CCN(Cc3ccccc3)CC2)n(C)n1. The zero-order valence-electron chi connectivity index (χ0n) is 15.8. The molecule has 1 aliphatic heterocycles. The van der Waals surface area contributed by atoms with E-state index in [1.54, 1.807) is 11.7 Å². The van der Waals surface area contributed by atoms with Crippen LogP contribution in [0.2, 0.25) is 0 Å². The van der Waals surface area contributed by atoms with E-state index in [0.29, 0.717) is 12.2 Å². The van der Waals surface area contributed by atoms with Gasteiger partial charge in [0, 0.05) is 46.3 Å². The number of hydrogen-bond donors (Lipinski definition) is 1.